The van der Waals surface area contributed by atoms with Gasteiger partial charge in [0.15, 0.2) is 0 Å². The van der Waals surface area contributed by atoms with E-state index in [1.54, 1.807) is 47.2 Å². The lowest BCUT2D eigenvalue weighted by Crippen LogP contribution is -2.30. The van der Waals surface area contributed by atoms with Crippen LogP contribution in [-0.4, -0.2) is 38.7 Å². The number of sulfonamides is 2. The molecule has 148 valence electrons. The lowest BCUT2D eigenvalue weighted by Gasteiger charge is -2.08. The fraction of sp³-hybridized carbons (Fsp3) is 0.167. The minimum absolute atomic E-state index is 0.245. The second-order valence-corrected chi connectivity index (χ2v) is 9.68. The van der Waals surface area contributed by atoms with Crippen LogP contribution in [0.3, 0.4) is 0 Å². The monoisotopic (exact) mass is 420 g/mol. The number of hydrogen-bond donors (Lipinski definition) is 2. The molecule has 10 heteroatoms. The summed E-state index contributed by atoms with van der Waals surface area (Å²) in [6.07, 6.45) is 4.69. The van der Waals surface area contributed by atoms with Gasteiger partial charge >= 0.3 is 0 Å². The summed E-state index contributed by atoms with van der Waals surface area (Å²) in [5.74, 6) is -0.394. The molecule has 0 spiro atoms. The van der Waals surface area contributed by atoms with Gasteiger partial charge in [0.1, 0.15) is 0 Å². The zero-order valence-electron chi connectivity index (χ0n) is 15.1. The summed E-state index contributed by atoms with van der Waals surface area (Å²) >= 11 is 0. The average Bonchev–Trinajstić information content (AvgIpc) is 3.08. The number of pyridine rings is 1. The summed E-state index contributed by atoms with van der Waals surface area (Å²) in [5, 5.41) is 5.05. The molecule has 0 aliphatic heterocycles. The molecular formula is C18H20N4O4S2. The highest BCUT2D eigenvalue weighted by atomic mass is 32.2. The number of nitrogens with one attached hydrogen (secondary N) is 2. The van der Waals surface area contributed by atoms with Crippen molar-refractivity contribution in [3.8, 4) is 0 Å². The van der Waals surface area contributed by atoms with Crippen molar-refractivity contribution < 1.29 is 16.8 Å². The maximum absolute atomic E-state index is 12.2. The first kappa shape index (κ1) is 20.1. The molecule has 0 amide bonds. The Kier molecular flexibility index (Phi) is 5.82. The smallest absolute Gasteiger partial charge is 0.234 e. The first-order valence-electron chi connectivity index (χ1n) is 8.41. The number of aryl methyl sites for hydroxylation is 1. The minimum Gasteiger partial charge on any atom is -0.283 e. The largest absolute Gasteiger partial charge is 0.283 e. The van der Waals surface area contributed by atoms with Crippen LogP contribution in [0.25, 0.3) is 11.6 Å². The van der Waals surface area contributed by atoms with Crippen LogP contribution < -0.4 is 9.44 Å². The van der Waals surface area contributed by atoms with Gasteiger partial charge < -0.3 is 0 Å². The Morgan fingerprint density at radius 2 is 1.82 bits per heavy atom. The van der Waals surface area contributed by atoms with Crippen molar-refractivity contribution >= 4 is 37.3 Å². The normalized spacial score (nSPS) is 12.6. The lowest BCUT2D eigenvalue weighted by molar-refractivity contribution is 0.589. The van der Waals surface area contributed by atoms with Crippen molar-refractivity contribution in [3.63, 3.8) is 0 Å². The third-order valence-corrected chi connectivity index (χ3v) is 6.25. The van der Waals surface area contributed by atoms with E-state index in [1.165, 1.54) is 6.08 Å². The van der Waals surface area contributed by atoms with Gasteiger partial charge in [0.25, 0.3) is 0 Å². The number of benzene rings is 1. The molecule has 0 fully saturated rings. The second kappa shape index (κ2) is 8.13. The second-order valence-electron chi connectivity index (χ2n) is 6.19. The van der Waals surface area contributed by atoms with Crippen LogP contribution in [0.5, 0.6) is 0 Å². The van der Waals surface area contributed by atoms with E-state index in [9.17, 15) is 16.8 Å². The van der Waals surface area contributed by atoms with E-state index >= 15 is 0 Å². The molecule has 0 radical (unpaired) electrons. The number of anilines is 1. The molecule has 28 heavy (non-hydrogen) atoms. The minimum atomic E-state index is -3.74. The summed E-state index contributed by atoms with van der Waals surface area (Å²) in [4.78, 5) is 0. The molecule has 3 aromatic rings. The molecule has 3 rings (SSSR count). The fourth-order valence-corrected chi connectivity index (χ4v) is 4.34. The molecule has 1 aromatic carbocycles. The molecule has 0 saturated carbocycles. The first-order valence-corrected chi connectivity index (χ1v) is 11.6. The Morgan fingerprint density at radius 3 is 2.57 bits per heavy atom. The van der Waals surface area contributed by atoms with Crippen molar-refractivity contribution in [2.24, 2.45) is 0 Å². The van der Waals surface area contributed by atoms with Gasteiger partial charge in [-0.3, -0.25) is 4.72 Å². The first-order chi connectivity index (χ1) is 13.2. The van der Waals surface area contributed by atoms with E-state index < -0.39 is 25.8 Å². The number of hydrogen-bond acceptors (Lipinski definition) is 5. The SMILES string of the molecule is Cc1ccc(/C=C/S(=O)(=O)NCCS(=O)(=O)Nc2ccn3nccc3c2)cc1. The highest BCUT2D eigenvalue weighted by Gasteiger charge is 2.13. The van der Waals surface area contributed by atoms with E-state index in [4.69, 9.17) is 0 Å². The summed E-state index contributed by atoms with van der Waals surface area (Å²) in [7, 11) is -7.45. The summed E-state index contributed by atoms with van der Waals surface area (Å²) in [6, 6.07) is 12.3. The Bertz CT molecular complexity index is 1200. The predicted octanol–water partition coefficient (Wildman–Crippen LogP) is 1.97. The lowest BCUT2D eigenvalue weighted by atomic mass is 10.2. The summed E-state index contributed by atoms with van der Waals surface area (Å²) < 4.78 is 54.7. The highest BCUT2D eigenvalue weighted by Crippen LogP contribution is 2.13. The standard InChI is InChI=1S/C18H20N4O4S2/c1-15-2-4-16(5-3-15)8-12-27(23,24)20-10-13-28(25,26)21-17-7-11-22-18(14-17)6-9-19-22/h2-9,11-12,14,20-21H,10,13H2,1H3/b12-8+. The van der Waals surface area contributed by atoms with Crippen LogP contribution in [0.4, 0.5) is 5.69 Å². The molecule has 2 N–H and O–H groups in total. The van der Waals surface area contributed by atoms with E-state index in [0.717, 1.165) is 22.1 Å². The number of aromatic nitrogens is 2. The highest BCUT2D eigenvalue weighted by molar-refractivity contribution is 7.93. The van der Waals surface area contributed by atoms with Gasteiger partial charge in [-0.25, -0.2) is 26.1 Å². The molecule has 0 aliphatic rings. The van der Waals surface area contributed by atoms with Crippen LogP contribution in [0, 0.1) is 6.92 Å². The molecule has 0 atom stereocenters. The number of rotatable bonds is 8. The molecule has 0 aliphatic carbocycles. The predicted molar refractivity (Wildman–Crippen MR) is 110 cm³/mol. The van der Waals surface area contributed by atoms with Gasteiger partial charge in [-0.1, -0.05) is 29.8 Å². The van der Waals surface area contributed by atoms with Crippen molar-refractivity contribution in [2.45, 2.75) is 6.92 Å². The van der Waals surface area contributed by atoms with Crippen molar-refractivity contribution in [1.82, 2.24) is 14.3 Å². The van der Waals surface area contributed by atoms with Crippen LogP contribution in [0.2, 0.25) is 0 Å². The van der Waals surface area contributed by atoms with Crippen LogP contribution >= 0.6 is 0 Å². The van der Waals surface area contributed by atoms with Gasteiger partial charge in [0.2, 0.25) is 20.0 Å². The van der Waals surface area contributed by atoms with E-state index in [-0.39, 0.29) is 6.54 Å². The Labute approximate surface area is 164 Å². The fourth-order valence-electron chi connectivity index (χ4n) is 2.43. The maximum atomic E-state index is 12.2. The molecule has 2 aromatic heterocycles. The molecule has 2 heterocycles. The average molecular weight is 421 g/mol. The van der Waals surface area contributed by atoms with Gasteiger partial charge in [0.05, 0.1) is 17.0 Å². The Hall–Kier alpha value is -2.69. The topological polar surface area (TPSA) is 110 Å². The summed E-state index contributed by atoms with van der Waals surface area (Å²) in [6.45, 7) is 1.69. The molecule has 0 unspecified atom stereocenters. The van der Waals surface area contributed by atoms with Crippen LogP contribution in [-0.2, 0) is 20.0 Å². The Balaban J connectivity index is 1.55. The molecule has 0 bridgehead atoms. The molecule has 0 saturated heterocycles. The van der Waals surface area contributed by atoms with Gasteiger partial charge in [-0.2, -0.15) is 5.10 Å². The number of fused-ring (bicyclic) bond motifs is 1. The maximum Gasteiger partial charge on any atom is 0.234 e. The van der Waals surface area contributed by atoms with E-state index in [2.05, 4.69) is 14.5 Å². The molecular weight excluding hydrogens is 400 g/mol. The van der Waals surface area contributed by atoms with Gasteiger partial charge in [-0.15, -0.1) is 0 Å². The zero-order valence-corrected chi connectivity index (χ0v) is 16.7. The van der Waals surface area contributed by atoms with Crippen molar-refractivity contribution in [1.29, 1.82) is 0 Å². The van der Waals surface area contributed by atoms with Crippen molar-refractivity contribution in [3.05, 3.63) is 71.4 Å². The third kappa shape index (κ3) is 5.65. The molecule has 8 nitrogen and oxygen atoms in total. The van der Waals surface area contributed by atoms with Gasteiger partial charge in [0, 0.05) is 24.3 Å². The van der Waals surface area contributed by atoms with Crippen molar-refractivity contribution in [2.75, 3.05) is 17.0 Å². The summed E-state index contributed by atoms with van der Waals surface area (Å²) in [5.41, 5.74) is 2.93. The van der Waals surface area contributed by atoms with Crippen LogP contribution in [0.1, 0.15) is 11.1 Å². The zero-order chi connectivity index (χ0) is 20.2. The Morgan fingerprint density at radius 1 is 1.07 bits per heavy atom. The van der Waals surface area contributed by atoms with E-state index in [0.29, 0.717) is 5.69 Å². The quantitative estimate of drug-likeness (QED) is 0.579. The van der Waals surface area contributed by atoms with E-state index in [1.807, 2.05) is 19.1 Å². The van der Waals surface area contributed by atoms with Gasteiger partial charge in [-0.05, 0) is 36.8 Å². The van der Waals surface area contributed by atoms with Crippen LogP contribution in [0.15, 0.2) is 60.3 Å². The number of nitrogens with zero attached hydrogens (tertiary/aromatic N) is 2. The third-order valence-electron chi connectivity index (χ3n) is 3.86.